The standard InChI is InChI=1S/C16H29N5O7S/c1-6(2)11(20-13(24)8(17)5-29)15(26)19-9(4-10(18)23)14(25)21-12(7(3)22)16(27)28/h6-9,11-12,22,29H,4-5,17H2,1-3H3,(H2,18,23)(H,19,26)(H,20,24)(H,21,25)(H,27,28). The Labute approximate surface area is 173 Å². The predicted octanol–water partition coefficient (Wildman–Crippen LogP) is -3.31. The van der Waals surface area contributed by atoms with E-state index in [4.69, 9.17) is 16.6 Å². The molecule has 0 aliphatic rings. The van der Waals surface area contributed by atoms with Gasteiger partial charge in [-0.1, -0.05) is 13.8 Å². The van der Waals surface area contributed by atoms with E-state index < -0.39 is 72.2 Å². The first-order valence-corrected chi connectivity index (χ1v) is 9.41. The number of aliphatic hydroxyl groups is 1. The third-order valence-electron chi connectivity index (χ3n) is 3.86. The average Bonchev–Trinajstić information content (AvgIpc) is 2.60. The molecule has 0 heterocycles. The number of carbonyl (C=O) groups is 5. The molecule has 0 fully saturated rings. The van der Waals surface area contributed by atoms with Crippen molar-refractivity contribution in [1.82, 2.24) is 16.0 Å². The third kappa shape index (κ3) is 9.11. The van der Waals surface area contributed by atoms with Crippen molar-refractivity contribution >= 4 is 42.2 Å². The second kappa shape index (κ2) is 12.2. The van der Waals surface area contributed by atoms with Crippen molar-refractivity contribution in [3.05, 3.63) is 0 Å². The number of carbonyl (C=O) groups excluding carboxylic acids is 4. The molecule has 0 rings (SSSR count). The Morgan fingerprint density at radius 2 is 1.45 bits per heavy atom. The van der Waals surface area contributed by atoms with Crippen molar-refractivity contribution in [3.63, 3.8) is 0 Å². The Kier molecular flexibility index (Phi) is 11.2. The second-order valence-electron chi connectivity index (χ2n) is 6.82. The second-order valence-corrected chi connectivity index (χ2v) is 7.18. The van der Waals surface area contributed by atoms with E-state index in [1.54, 1.807) is 13.8 Å². The van der Waals surface area contributed by atoms with E-state index in [0.717, 1.165) is 6.92 Å². The van der Waals surface area contributed by atoms with Crippen LogP contribution in [0.25, 0.3) is 0 Å². The van der Waals surface area contributed by atoms with Crippen LogP contribution in [-0.4, -0.2) is 75.8 Å². The van der Waals surface area contributed by atoms with E-state index in [1.807, 2.05) is 5.32 Å². The Hall–Kier alpha value is -2.38. The Balaban J connectivity index is 5.43. The van der Waals surface area contributed by atoms with Gasteiger partial charge in [0.25, 0.3) is 0 Å². The van der Waals surface area contributed by atoms with Crippen LogP contribution in [0.15, 0.2) is 0 Å². The van der Waals surface area contributed by atoms with E-state index in [2.05, 4.69) is 23.3 Å². The number of carboxylic acids is 1. The lowest BCUT2D eigenvalue weighted by atomic mass is 10.0. The maximum atomic E-state index is 12.6. The van der Waals surface area contributed by atoms with Crippen molar-refractivity contribution in [2.24, 2.45) is 17.4 Å². The number of aliphatic hydroxyl groups excluding tert-OH is 1. The summed E-state index contributed by atoms with van der Waals surface area (Å²) < 4.78 is 0. The summed E-state index contributed by atoms with van der Waals surface area (Å²) in [6.07, 6.45) is -2.06. The molecule has 5 atom stereocenters. The SMILES string of the molecule is CC(C)C(NC(=O)C(N)CS)C(=O)NC(CC(N)=O)C(=O)NC(C(=O)O)C(C)O. The number of rotatable bonds is 12. The molecule has 0 saturated carbocycles. The first kappa shape index (κ1) is 26.6. The van der Waals surface area contributed by atoms with Gasteiger partial charge in [-0.3, -0.25) is 19.2 Å². The molecule has 4 amide bonds. The summed E-state index contributed by atoms with van der Waals surface area (Å²) in [5, 5.41) is 25.3. The molecule has 5 unspecified atom stereocenters. The Morgan fingerprint density at radius 3 is 1.83 bits per heavy atom. The summed E-state index contributed by atoms with van der Waals surface area (Å²) in [6, 6.07) is -5.23. The van der Waals surface area contributed by atoms with Gasteiger partial charge in [0.2, 0.25) is 23.6 Å². The lowest BCUT2D eigenvalue weighted by molar-refractivity contribution is -0.145. The summed E-state index contributed by atoms with van der Waals surface area (Å²) in [5.41, 5.74) is 10.7. The molecule has 166 valence electrons. The van der Waals surface area contributed by atoms with Gasteiger partial charge in [0.15, 0.2) is 6.04 Å². The summed E-state index contributed by atoms with van der Waals surface area (Å²) in [7, 11) is 0. The van der Waals surface area contributed by atoms with E-state index in [9.17, 15) is 29.1 Å². The van der Waals surface area contributed by atoms with E-state index in [1.165, 1.54) is 0 Å². The normalized spacial score (nSPS) is 16.1. The van der Waals surface area contributed by atoms with Crippen LogP contribution in [-0.2, 0) is 24.0 Å². The van der Waals surface area contributed by atoms with Crippen LogP contribution >= 0.6 is 12.6 Å². The quantitative estimate of drug-likeness (QED) is 0.145. The molecule has 0 spiro atoms. The Morgan fingerprint density at radius 1 is 0.931 bits per heavy atom. The van der Waals surface area contributed by atoms with Crippen LogP contribution < -0.4 is 27.4 Å². The molecular formula is C16H29N5O7S. The average molecular weight is 436 g/mol. The van der Waals surface area contributed by atoms with Gasteiger partial charge in [0.05, 0.1) is 18.6 Å². The van der Waals surface area contributed by atoms with Gasteiger partial charge in [0, 0.05) is 5.75 Å². The summed E-state index contributed by atoms with van der Waals surface area (Å²) in [5.74, 6) is -5.28. The minimum atomic E-state index is -1.66. The zero-order chi connectivity index (χ0) is 22.9. The summed E-state index contributed by atoms with van der Waals surface area (Å²) >= 11 is 3.91. The predicted molar refractivity (Wildman–Crippen MR) is 106 cm³/mol. The number of carboxylic acid groups (broad SMARTS) is 1. The molecule has 29 heavy (non-hydrogen) atoms. The highest BCUT2D eigenvalue weighted by molar-refractivity contribution is 7.80. The van der Waals surface area contributed by atoms with E-state index in [0.29, 0.717) is 0 Å². The van der Waals surface area contributed by atoms with Crippen molar-refractivity contribution in [2.45, 2.75) is 57.5 Å². The molecule has 0 aliphatic carbocycles. The Bertz CT molecular complexity index is 629. The van der Waals surface area contributed by atoms with Gasteiger partial charge in [-0.25, -0.2) is 4.79 Å². The minimum absolute atomic E-state index is 0.0426. The van der Waals surface area contributed by atoms with Crippen LogP contribution in [0.1, 0.15) is 27.2 Å². The van der Waals surface area contributed by atoms with Crippen LogP contribution in [0.4, 0.5) is 0 Å². The maximum Gasteiger partial charge on any atom is 0.328 e. The van der Waals surface area contributed by atoms with Crippen molar-refractivity contribution in [3.8, 4) is 0 Å². The van der Waals surface area contributed by atoms with Crippen LogP contribution in [0.3, 0.4) is 0 Å². The first-order valence-electron chi connectivity index (χ1n) is 8.78. The highest BCUT2D eigenvalue weighted by Crippen LogP contribution is 2.05. The maximum absolute atomic E-state index is 12.6. The fourth-order valence-electron chi connectivity index (χ4n) is 2.19. The molecular weight excluding hydrogens is 406 g/mol. The highest BCUT2D eigenvalue weighted by atomic mass is 32.1. The van der Waals surface area contributed by atoms with Gasteiger partial charge in [-0.15, -0.1) is 0 Å². The fourth-order valence-corrected chi connectivity index (χ4v) is 2.36. The number of nitrogens with one attached hydrogen (secondary N) is 3. The number of hydrogen-bond acceptors (Lipinski definition) is 8. The highest BCUT2D eigenvalue weighted by Gasteiger charge is 2.33. The molecule has 0 aromatic carbocycles. The molecule has 0 aliphatic heterocycles. The van der Waals surface area contributed by atoms with Gasteiger partial charge in [-0.05, 0) is 12.8 Å². The van der Waals surface area contributed by atoms with Crippen molar-refractivity contribution < 1.29 is 34.2 Å². The lowest BCUT2D eigenvalue weighted by Crippen LogP contribution is -2.60. The van der Waals surface area contributed by atoms with Crippen molar-refractivity contribution in [2.75, 3.05) is 5.75 Å². The lowest BCUT2D eigenvalue weighted by Gasteiger charge is -2.26. The number of primary amides is 1. The summed E-state index contributed by atoms with van der Waals surface area (Å²) in [6.45, 7) is 4.41. The topological polar surface area (TPSA) is 214 Å². The molecule has 9 N–H and O–H groups in total. The molecule has 0 bridgehead atoms. The molecule has 0 aromatic heterocycles. The molecule has 0 radical (unpaired) electrons. The fraction of sp³-hybridized carbons (Fsp3) is 0.688. The molecule has 0 aromatic rings. The number of thiol groups is 1. The van der Waals surface area contributed by atoms with Gasteiger partial charge in [0.1, 0.15) is 12.1 Å². The number of amides is 4. The van der Waals surface area contributed by atoms with Crippen LogP contribution in [0, 0.1) is 5.92 Å². The number of aliphatic carboxylic acids is 1. The summed E-state index contributed by atoms with van der Waals surface area (Å²) in [4.78, 5) is 59.4. The largest absolute Gasteiger partial charge is 0.480 e. The van der Waals surface area contributed by atoms with Crippen LogP contribution in [0.2, 0.25) is 0 Å². The van der Waals surface area contributed by atoms with Gasteiger partial charge < -0.3 is 37.6 Å². The van der Waals surface area contributed by atoms with E-state index >= 15 is 0 Å². The van der Waals surface area contributed by atoms with Crippen LogP contribution in [0.5, 0.6) is 0 Å². The number of nitrogens with two attached hydrogens (primary N) is 2. The third-order valence-corrected chi connectivity index (χ3v) is 4.26. The van der Waals surface area contributed by atoms with Crippen molar-refractivity contribution in [1.29, 1.82) is 0 Å². The van der Waals surface area contributed by atoms with Gasteiger partial charge >= 0.3 is 5.97 Å². The molecule has 12 nitrogen and oxygen atoms in total. The zero-order valence-electron chi connectivity index (χ0n) is 16.4. The molecule has 13 heteroatoms. The zero-order valence-corrected chi connectivity index (χ0v) is 17.3. The smallest absolute Gasteiger partial charge is 0.328 e. The van der Waals surface area contributed by atoms with E-state index in [-0.39, 0.29) is 5.75 Å². The van der Waals surface area contributed by atoms with Gasteiger partial charge in [-0.2, -0.15) is 12.6 Å². The first-order chi connectivity index (χ1) is 13.3. The minimum Gasteiger partial charge on any atom is -0.480 e. The number of hydrogen-bond donors (Lipinski definition) is 8. The molecule has 0 saturated heterocycles. The monoisotopic (exact) mass is 435 g/mol.